The summed E-state index contributed by atoms with van der Waals surface area (Å²) in [5.41, 5.74) is 5.98. The number of aromatic nitrogens is 5. The highest BCUT2D eigenvalue weighted by Gasteiger charge is 2.51. The zero-order valence-electron chi connectivity index (χ0n) is 28.5. The molecule has 2 aliphatic carbocycles. The van der Waals surface area contributed by atoms with Crippen molar-refractivity contribution in [1.82, 2.24) is 34.8 Å². The average molecular weight is 724 g/mol. The van der Waals surface area contributed by atoms with E-state index in [9.17, 15) is 10.1 Å². The Labute approximate surface area is 305 Å². The predicted molar refractivity (Wildman–Crippen MR) is 196 cm³/mol. The molecule has 9 nitrogen and oxygen atoms in total. The first-order valence-electron chi connectivity index (χ1n) is 17.7. The maximum absolute atomic E-state index is 17.2. The number of likely N-dealkylation sites (tertiary alicyclic amines) is 1. The fourth-order valence-corrected chi connectivity index (χ4v) is 9.24. The van der Waals surface area contributed by atoms with E-state index >= 15 is 4.39 Å². The van der Waals surface area contributed by atoms with Crippen LogP contribution < -0.4 is 5.32 Å². The van der Waals surface area contributed by atoms with Crippen molar-refractivity contribution in [1.29, 1.82) is 5.26 Å². The van der Waals surface area contributed by atoms with E-state index in [0.29, 0.717) is 58.1 Å². The third kappa shape index (κ3) is 5.11. The molecule has 6 heterocycles. The molecule has 260 valence electrons. The van der Waals surface area contributed by atoms with Gasteiger partial charge in [-0.3, -0.25) is 4.79 Å². The number of allylic oxidation sites excluding steroid dienone is 1. The smallest absolute Gasteiger partial charge is 0.226 e. The lowest BCUT2D eigenvalue weighted by Crippen LogP contribution is -2.41. The van der Waals surface area contributed by atoms with E-state index in [2.05, 4.69) is 43.8 Å². The van der Waals surface area contributed by atoms with Crippen molar-refractivity contribution in [3.05, 3.63) is 81.6 Å². The molecule has 1 N–H and O–H groups in total. The van der Waals surface area contributed by atoms with Crippen molar-refractivity contribution in [2.24, 2.45) is 11.8 Å². The largest absolute Gasteiger partial charge is 0.337 e. The molecule has 51 heavy (non-hydrogen) atoms. The number of pyridine rings is 1. The van der Waals surface area contributed by atoms with E-state index in [-0.39, 0.29) is 53.0 Å². The van der Waals surface area contributed by atoms with Crippen molar-refractivity contribution in [3.8, 4) is 17.2 Å². The summed E-state index contributed by atoms with van der Waals surface area (Å²) >= 11 is 13.1. The van der Waals surface area contributed by atoms with Crippen molar-refractivity contribution in [2.75, 3.05) is 13.1 Å². The summed E-state index contributed by atoms with van der Waals surface area (Å²) in [6.45, 7) is 9.32. The quantitative estimate of drug-likeness (QED) is 0.173. The van der Waals surface area contributed by atoms with E-state index in [1.807, 2.05) is 30.8 Å². The predicted octanol–water partition coefficient (Wildman–Crippen LogP) is 8.15. The second-order valence-corrected chi connectivity index (χ2v) is 15.6. The molecule has 3 aromatic heterocycles. The number of carbonyl (C=O) groups is 1. The minimum atomic E-state index is -0.482. The summed E-state index contributed by atoms with van der Waals surface area (Å²) in [5.74, 6) is 0.162. The first-order chi connectivity index (χ1) is 24.6. The maximum atomic E-state index is 17.2. The van der Waals surface area contributed by atoms with Crippen LogP contribution in [0, 0.1) is 35.9 Å². The van der Waals surface area contributed by atoms with Gasteiger partial charge in [-0.1, -0.05) is 47.1 Å². The topological polar surface area (TPSA) is 105 Å². The number of nitrogens with one attached hydrogen (secondary N) is 1. The summed E-state index contributed by atoms with van der Waals surface area (Å²) in [4.78, 5) is 21.0. The van der Waals surface area contributed by atoms with Gasteiger partial charge in [0.15, 0.2) is 5.82 Å². The van der Waals surface area contributed by atoms with Gasteiger partial charge in [0, 0.05) is 64.8 Å². The summed E-state index contributed by atoms with van der Waals surface area (Å²) < 4.78 is 21.5. The second-order valence-electron chi connectivity index (χ2n) is 14.8. The van der Waals surface area contributed by atoms with Gasteiger partial charge in [-0.05, 0) is 81.2 Å². The first-order valence-corrected chi connectivity index (χ1v) is 18.5. The summed E-state index contributed by atoms with van der Waals surface area (Å²) in [5, 5.41) is 24.3. The van der Waals surface area contributed by atoms with Crippen LogP contribution in [0.15, 0.2) is 43.1 Å². The number of benzene rings is 2. The second kappa shape index (κ2) is 12.1. The molecular weight excluding hydrogens is 686 g/mol. The van der Waals surface area contributed by atoms with Crippen molar-refractivity contribution in [3.63, 3.8) is 0 Å². The van der Waals surface area contributed by atoms with Gasteiger partial charge < -0.3 is 14.8 Å². The van der Waals surface area contributed by atoms with Crippen LogP contribution >= 0.6 is 23.2 Å². The Balaban J connectivity index is 1.28. The van der Waals surface area contributed by atoms with Gasteiger partial charge in [-0.25, -0.2) is 14.1 Å². The molecule has 1 amide bonds. The summed E-state index contributed by atoms with van der Waals surface area (Å²) in [6, 6.07) is 11.8. The minimum Gasteiger partial charge on any atom is -0.337 e. The van der Waals surface area contributed by atoms with Gasteiger partial charge in [0.1, 0.15) is 11.2 Å². The van der Waals surface area contributed by atoms with E-state index in [4.69, 9.17) is 28.2 Å². The number of fused-ring (bicyclic) bond motifs is 4. The van der Waals surface area contributed by atoms with E-state index < -0.39 is 5.82 Å². The molecule has 0 spiro atoms. The van der Waals surface area contributed by atoms with Crippen LogP contribution in [0.4, 0.5) is 4.39 Å². The number of hydrogen-bond acceptors (Lipinski definition) is 6. The molecule has 5 fully saturated rings. The SMILES string of the molecule is C=C(C)c1cn(C2CC(c3cc4c(C)nc5c(F)c(-c6cccc(Cl)c6Cl)c(CCC#N)cc5c4n3C3C4CNC3C4)N(C(=O)C3CC3)C2)nn1. The zero-order valence-corrected chi connectivity index (χ0v) is 30.0. The molecule has 3 aliphatic heterocycles. The molecule has 3 saturated heterocycles. The van der Waals surface area contributed by atoms with Crippen LogP contribution in [-0.2, 0) is 11.2 Å². The highest BCUT2D eigenvalue weighted by Crippen LogP contribution is 2.52. The highest BCUT2D eigenvalue weighted by atomic mass is 35.5. The molecule has 2 saturated carbocycles. The molecule has 5 aliphatic rings. The average Bonchev–Trinajstić information content (AvgIpc) is 3.61. The molecule has 5 unspecified atom stereocenters. The Morgan fingerprint density at radius 2 is 2.02 bits per heavy atom. The normalized spacial score (nSPS) is 24.0. The monoisotopic (exact) mass is 722 g/mol. The van der Waals surface area contributed by atoms with Crippen LogP contribution in [0.25, 0.3) is 38.5 Å². The number of nitrogens with zero attached hydrogens (tertiary/aromatic N) is 7. The maximum Gasteiger partial charge on any atom is 0.226 e. The number of carbonyl (C=O) groups excluding carboxylic acids is 1. The Kier molecular flexibility index (Phi) is 7.76. The lowest BCUT2D eigenvalue weighted by atomic mass is 9.79. The molecular formula is C39H37Cl2FN8O. The Hall–Kier alpha value is -4.30. The Bertz CT molecular complexity index is 2320. The zero-order chi connectivity index (χ0) is 35.3. The van der Waals surface area contributed by atoms with Crippen LogP contribution in [0.1, 0.15) is 79.8 Å². The van der Waals surface area contributed by atoms with Gasteiger partial charge in [0.25, 0.3) is 0 Å². The van der Waals surface area contributed by atoms with Gasteiger partial charge in [-0.2, -0.15) is 5.26 Å². The molecule has 2 bridgehead atoms. The summed E-state index contributed by atoms with van der Waals surface area (Å²) in [6.07, 6.45) is 6.04. The standard InChI is InChI=1S/C39H37Cl2FN8O/c1-19(2)30-18-49(47-46-30)24-14-31(48(17-24)39(51)21-9-10-21)32-15-26-20(3)45-36-27(38(26)50(32)37-23-13-29(37)44-16-23)12-22(6-5-11-43)33(35(36)42)25-7-4-8-28(40)34(25)41/h4,7-8,12,15,18,21,23-24,29,31,37,44H,1,5-6,9-10,13-14,16-17H2,2-3H3. The van der Waals surface area contributed by atoms with Gasteiger partial charge in [0.2, 0.25) is 5.91 Å². The number of rotatable bonds is 8. The lowest BCUT2D eigenvalue weighted by molar-refractivity contribution is -0.133. The van der Waals surface area contributed by atoms with Crippen molar-refractivity contribution < 1.29 is 9.18 Å². The fraction of sp³-hybridized carbons (Fsp3) is 0.410. The van der Waals surface area contributed by atoms with E-state index in [1.165, 1.54) is 0 Å². The van der Waals surface area contributed by atoms with Crippen LogP contribution in [0.5, 0.6) is 0 Å². The third-order valence-electron chi connectivity index (χ3n) is 11.6. The van der Waals surface area contributed by atoms with E-state index in [0.717, 1.165) is 53.7 Å². The van der Waals surface area contributed by atoms with Gasteiger partial charge >= 0.3 is 0 Å². The molecule has 5 atom stereocenters. The number of halogens is 3. The molecule has 10 rings (SSSR count). The molecule has 5 aromatic rings. The fourth-order valence-electron chi connectivity index (χ4n) is 8.84. The Morgan fingerprint density at radius 3 is 2.71 bits per heavy atom. The van der Waals surface area contributed by atoms with Gasteiger partial charge in [-0.15, -0.1) is 5.10 Å². The molecule has 0 radical (unpaired) electrons. The van der Waals surface area contributed by atoms with E-state index in [1.54, 1.807) is 18.2 Å². The van der Waals surface area contributed by atoms with Crippen LogP contribution in [0.2, 0.25) is 10.0 Å². The number of nitriles is 1. The number of hydrogen-bond donors (Lipinski definition) is 1. The van der Waals surface area contributed by atoms with Crippen LogP contribution in [0.3, 0.4) is 0 Å². The molecule has 2 aromatic carbocycles. The summed E-state index contributed by atoms with van der Waals surface area (Å²) in [7, 11) is 0. The number of aryl methyl sites for hydroxylation is 2. The van der Waals surface area contributed by atoms with Gasteiger partial charge in [0.05, 0.1) is 46.0 Å². The first kappa shape index (κ1) is 32.6. The number of amides is 1. The molecule has 12 heteroatoms. The lowest BCUT2D eigenvalue weighted by Gasteiger charge is -2.39. The minimum absolute atomic E-state index is 0.0464. The third-order valence-corrected chi connectivity index (χ3v) is 12.4. The van der Waals surface area contributed by atoms with Crippen molar-refractivity contribution in [2.45, 2.75) is 76.5 Å². The van der Waals surface area contributed by atoms with Crippen molar-refractivity contribution >= 4 is 56.5 Å². The Morgan fingerprint density at radius 1 is 1.20 bits per heavy atom. The highest BCUT2D eigenvalue weighted by molar-refractivity contribution is 6.43. The van der Waals surface area contributed by atoms with Crippen LogP contribution in [-0.4, -0.2) is 54.5 Å².